The predicted molar refractivity (Wildman–Crippen MR) is 138 cm³/mol. The van der Waals surface area contributed by atoms with Crippen LogP contribution < -0.4 is 10.1 Å². The summed E-state index contributed by atoms with van der Waals surface area (Å²) in [6, 6.07) is 13.9. The van der Waals surface area contributed by atoms with Crippen molar-refractivity contribution in [2.24, 2.45) is 7.05 Å². The van der Waals surface area contributed by atoms with Crippen LogP contribution in [0.4, 0.5) is 0 Å². The number of fused-ring (bicyclic) bond motifs is 1. The zero-order chi connectivity index (χ0) is 25.6. The lowest BCUT2D eigenvalue weighted by Crippen LogP contribution is -2.47. The molecule has 0 fully saturated rings. The van der Waals surface area contributed by atoms with Crippen LogP contribution in [0.15, 0.2) is 42.5 Å². The van der Waals surface area contributed by atoms with E-state index in [4.69, 9.17) is 21.1 Å². The van der Waals surface area contributed by atoms with E-state index in [-0.39, 0.29) is 18.4 Å². The van der Waals surface area contributed by atoms with Gasteiger partial charge >= 0.3 is 5.97 Å². The zero-order valence-corrected chi connectivity index (χ0v) is 21.7. The molecule has 1 heterocycles. The summed E-state index contributed by atoms with van der Waals surface area (Å²) in [7, 11) is 5.90. The normalized spacial score (nSPS) is 11.6. The quantitative estimate of drug-likeness (QED) is 0.244. The number of halogens is 1. The van der Waals surface area contributed by atoms with Gasteiger partial charge in [0.05, 0.1) is 17.7 Å². The average molecular weight is 501 g/mol. The molecule has 1 aromatic heterocycles. The number of ether oxygens (including phenoxy) is 2. The minimum atomic E-state index is -0.779. The zero-order valence-electron chi connectivity index (χ0n) is 20.9. The molecule has 2 aromatic carbocycles. The number of hydrogen-bond donors (Lipinski definition) is 1. The molecule has 0 aliphatic carbocycles. The second kappa shape index (κ2) is 11.6. The Morgan fingerprint density at radius 3 is 2.46 bits per heavy atom. The molecule has 9 heteroatoms. The molecule has 1 amide bonds. The Morgan fingerprint density at radius 2 is 1.80 bits per heavy atom. The average Bonchev–Trinajstić information content (AvgIpc) is 3.16. The van der Waals surface area contributed by atoms with Gasteiger partial charge in [-0.2, -0.15) is 5.10 Å². The summed E-state index contributed by atoms with van der Waals surface area (Å²) in [6.45, 7) is 5.21. The van der Waals surface area contributed by atoms with Crippen LogP contribution in [0.3, 0.4) is 0 Å². The van der Waals surface area contributed by atoms with Gasteiger partial charge in [0.25, 0.3) is 5.91 Å². The Bertz CT molecular complexity index is 1170. The lowest BCUT2D eigenvalue weighted by molar-refractivity contribution is -0.142. The van der Waals surface area contributed by atoms with Crippen molar-refractivity contribution in [2.75, 3.05) is 39.7 Å². The van der Waals surface area contributed by atoms with Crippen LogP contribution in [0.5, 0.6) is 5.75 Å². The highest BCUT2D eigenvalue weighted by molar-refractivity contribution is 6.26. The van der Waals surface area contributed by atoms with Gasteiger partial charge < -0.3 is 19.7 Å². The van der Waals surface area contributed by atoms with Crippen LogP contribution in [0.1, 0.15) is 30.8 Å². The van der Waals surface area contributed by atoms with E-state index in [1.807, 2.05) is 56.6 Å². The number of aromatic nitrogens is 2. The van der Waals surface area contributed by atoms with Gasteiger partial charge in [0, 0.05) is 19.0 Å². The van der Waals surface area contributed by atoms with Crippen LogP contribution in [-0.2, 0) is 16.6 Å². The number of rotatable bonds is 11. The number of hydrogen-bond acceptors (Lipinski definition) is 6. The van der Waals surface area contributed by atoms with Gasteiger partial charge in [-0.25, -0.2) is 0 Å². The van der Waals surface area contributed by atoms with E-state index in [1.165, 1.54) is 0 Å². The molecule has 1 N–H and O–H groups in total. The summed E-state index contributed by atoms with van der Waals surface area (Å²) in [4.78, 5) is 26.5. The molecule has 0 aliphatic rings. The first-order valence-electron chi connectivity index (χ1n) is 11.5. The Hall–Kier alpha value is -3.10. The maximum absolute atomic E-state index is 13.0. The molecule has 0 aliphatic heterocycles. The molecule has 8 nitrogen and oxygen atoms in total. The third-order valence-electron chi connectivity index (χ3n) is 5.43. The number of nitrogens with one attached hydrogen (secondary N) is 1. The van der Waals surface area contributed by atoms with Crippen molar-refractivity contribution in [2.45, 2.75) is 25.8 Å². The SMILES string of the molecule is CN(C)CCCOc1ccc(-c2ccc3c(C(=O)NC(C)(C)COC(=O)CCl)nn(C)c3c2)cc1. The Balaban J connectivity index is 1.72. The summed E-state index contributed by atoms with van der Waals surface area (Å²) in [5.41, 5.74) is 2.43. The molecule has 0 spiro atoms. The fourth-order valence-electron chi connectivity index (χ4n) is 3.62. The molecule has 0 saturated carbocycles. The molecule has 0 atom stereocenters. The maximum Gasteiger partial charge on any atom is 0.320 e. The van der Waals surface area contributed by atoms with Crippen LogP contribution >= 0.6 is 11.6 Å². The number of esters is 1. The second-order valence-corrected chi connectivity index (χ2v) is 9.63. The highest BCUT2D eigenvalue weighted by Crippen LogP contribution is 2.28. The highest BCUT2D eigenvalue weighted by Gasteiger charge is 2.26. The lowest BCUT2D eigenvalue weighted by atomic mass is 10.0. The lowest BCUT2D eigenvalue weighted by Gasteiger charge is -2.25. The number of alkyl halides is 1. The standard InChI is InChI=1S/C26H33ClN4O4/c1-26(2,17-35-23(32)16-27)28-25(33)24-21-12-9-19(15-22(21)31(5)29-24)18-7-10-20(11-8-18)34-14-6-13-30(3)4/h7-12,15H,6,13-14,16-17H2,1-5H3,(H,28,33). The minimum absolute atomic E-state index is 0.00850. The number of aryl methyl sites for hydroxylation is 1. The second-order valence-electron chi connectivity index (χ2n) is 9.37. The van der Waals surface area contributed by atoms with Crippen molar-refractivity contribution in [3.8, 4) is 16.9 Å². The first kappa shape index (κ1) is 26.5. The van der Waals surface area contributed by atoms with Crippen molar-refractivity contribution in [1.82, 2.24) is 20.0 Å². The van der Waals surface area contributed by atoms with Crippen molar-refractivity contribution in [1.29, 1.82) is 0 Å². The van der Waals surface area contributed by atoms with E-state index in [0.717, 1.165) is 40.7 Å². The third kappa shape index (κ3) is 7.19. The number of carbonyl (C=O) groups is 2. The number of carbonyl (C=O) groups excluding carboxylic acids is 2. The van der Waals surface area contributed by atoms with Gasteiger partial charge in [-0.05, 0) is 69.8 Å². The van der Waals surface area contributed by atoms with Gasteiger partial charge in [-0.15, -0.1) is 11.6 Å². The third-order valence-corrected chi connectivity index (χ3v) is 5.65. The summed E-state index contributed by atoms with van der Waals surface area (Å²) in [5.74, 6) is -0.267. The van der Waals surface area contributed by atoms with Crippen LogP contribution in [0.2, 0.25) is 0 Å². The molecule has 3 aromatic rings. The monoisotopic (exact) mass is 500 g/mol. The Labute approximate surface area is 211 Å². The van der Waals surface area contributed by atoms with Crippen molar-refractivity contribution >= 4 is 34.4 Å². The molecular formula is C26H33ClN4O4. The Morgan fingerprint density at radius 1 is 1.11 bits per heavy atom. The summed E-state index contributed by atoms with van der Waals surface area (Å²) in [5, 5.41) is 8.07. The largest absolute Gasteiger partial charge is 0.494 e. The topological polar surface area (TPSA) is 85.7 Å². The first-order chi connectivity index (χ1) is 16.6. The van der Waals surface area contributed by atoms with Gasteiger partial charge in [0.15, 0.2) is 5.69 Å². The Kier molecular flexibility index (Phi) is 8.75. The van der Waals surface area contributed by atoms with Gasteiger partial charge in [-0.3, -0.25) is 14.3 Å². The fourth-order valence-corrected chi connectivity index (χ4v) is 3.70. The highest BCUT2D eigenvalue weighted by atomic mass is 35.5. The van der Waals surface area contributed by atoms with Gasteiger partial charge in [0.1, 0.15) is 18.2 Å². The number of nitrogens with zero attached hydrogens (tertiary/aromatic N) is 3. The number of benzene rings is 2. The van der Waals surface area contributed by atoms with E-state index < -0.39 is 11.5 Å². The summed E-state index contributed by atoms with van der Waals surface area (Å²) >= 11 is 5.47. The van der Waals surface area contributed by atoms with E-state index >= 15 is 0 Å². The van der Waals surface area contributed by atoms with Gasteiger partial charge in [-0.1, -0.05) is 18.2 Å². The molecule has 0 bridgehead atoms. The summed E-state index contributed by atoms with van der Waals surface area (Å²) < 4.78 is 12.6. The van der Waals surface area contributed by atoms with E-state index in [0.29, 0.717) is 12.3 Å². The molecule has 0 saturated heterocycles. The van der Waals surface area contributed by atoms with Crippen LogP contribution in [-0.4, -0.2) is 71.8 Å². The number of amides is 1. The smallest absolute Gasteiger partial charge is 0.320 e. The fraction of sp³-hybridized carbons (Fsp3) is 0.423. The van der Waals surface area contributed by atoms with E-state index in [1.54, 1.807) is 25.6 Å². The molecule has 0 radical (unpaired) electrons. The molecule has 3 rings (SSSR count). The van der Waals surface area contributed by atoms with E-state index in [9.17, 15) is 9.59 Å². The first-order valence-corrected chi connectivity index (χ1v) is 12.0. The van der Waals surface area contributed by atoms with E-state index in [2.05, 4.69) is 15.3 Å². The molecular weight excluding hydrogens is 468 g/mol. The van der Waals surface area contributed by atoms with Gasteiger partial charge in [0.2, 0.25) is 0 Å². The molecule has 35 heavy (non-hydrogen) atoms. The predicted octanol–water partition coefficient (Wildman–Crippen LogP) is 3.86. The van der Waals surface area contributed by atoms with Crippen LogP contribution in [0.25, 0.3) is 22.0 Å². The molecule has 0 unspecified atom stereocenters. The van der Waals surface area contributed by atoms with Crippen molar-refractivity contribution < 1.29 is 19.1 Å². The maximum atomic E-state index is 13.0. The van der Waals surface area contributed by atoms with Crippen LogP contribution in [0, 0.1) is 0 Å². The minimum Gasteiger partial charge on any atom is -0.494 e. The molecule has 188 valence electrons. The van der Waals surface area contributed by atoms with Crippen molar-refractivity contribution in [3.05, 3.63) is 48.2 Å². The van der Waals surface area contributed by atoms with Crippen molar-refractivity contribution in [3.63, 3.8) is 0 Å². The summed E-state index contributed by atoms with van der Waals surface area (Å²) in [6.07, 6.45) is 0.970.